The minimum Gasteiger partial charge on any atom is -0.381 e. The Morgan fingerprint density at radius 1 is 0.393 bits per heavy atom. The van der Waals surface area contributed by atoms with E-state index in [1.807, 2.05) is 0 Å². The van der Waals surface area contributed by atoms with Gasteiger partial charge in [-0.25, -0.2) is 0 Å². The molecule has 0 N–H and O–H groups in total. The van der Waals surface area contributed by atoms with Gasteiger partial charge in [0.1, 0.15) is 6.79 Å². The van der Waals surface area contributed by atoms with Crippen LogP contribution in [0.25, 0.3) is 0 Å². The van der Waals surface area contributed by atoms with E-state index in [2.05, 4.69) is 0 Å². The van der Waals surface area contributed by atoms with Crippen molar-refractivity contribution in [1.82, 2.24) is 0 Å². The van der Waals surface area contributed by atoms with E-state index in [-0.39, 0.29) is 26.2 Å². The summed E-state index contributed by atoms with van der Waals surface area (Å²) in [6.45, 7) is 1.91. The van der Waals surface area contributed by atoms with E-state index in [1.165, 1.54) is 0 Å². The molecule has 0 saturated carbocycles. The molecule has 0 radical (unpaired) electrons. The number of alkyl halides is 6. The van der Waals surface area contributed by atoms with E-state index in [4.69, 9.17) is 14.2 Å². The molecule has 0 unspecified atom stereocenters. The molecular weight excluding hydrogens is 390 g/mol. The molecular formula is C19H34F6O3. The van der Waals surface area contributed by atoms with Crippen LogP contribution in [-0.4, -0.2) is 45.6 Å². The van der Waals surface area contributed by atoms with Gasteiger partial charge in [0.25, 0.3) is 0 Å². The molecule has 0 rings (SSSR count). The lowest BCUT2D eigenvalue weighted by molar-refractivity contribution is -0.141. The molecule has 170 valence electrons. The van der Waals surface area contributed by atoms with Gasteiger partial charge in [0.2, 0.25) is 0 Å². The van der Waals surface area contributed by atoms with Gasteiger partial charge in [0.15, 0.2) is 0 Å². The molecule has 0 aromatic heterocycles. The summed E-state index contributed by atoms with van der Waals surface area (Å²) in [6, 6.07) is 0. The summed E-state index contributed by atoms with van der Waals surface area (Å²) in [5.41, 5.74) is 0. The average molecular weight is 424 g/mol. The summed E-state index contributed by atoms with van der Waals surface area (Å²) in [6.07, 6.45) is -2.54. The van der Waals surface area contributed by atoms with Crippen LogP contribution >= 0.6 is 0 Å². The zero-order valence-electron chi connectivity index (χ0n) is 16.5. The molecule has 0 amide bonds. The molecule has 3 nitrogen and oxygen atoms in total. The van der Waals surface area contributed by atoms with E-state index in [9.17, 15) is 26.3 Å². The maximum Gasteiger partial charge on any atom is 0.389 e. The molecule has 0 aromatic rings. The Hall–Kier alpha value is -0.540. The summed E-state index contributed by atoms with van der Waals surface area (Å²) in [4.78, 5) is 0. The second kappa shape index (κ2) is 17.3. The Kier molecular flexibility index (Phi) is 17.0. The molecule has 0 heterocycles. The zero-order valence-corrected chi connectivity index (χ0v) is 16.5. The number of hydrogen-bond donors (Lipinski definition) is 0. The molecule has 0 aliphatic rings. The van der Waals surface area contributed by atoms with Crippen molar-refractivity contribution in [2.75, 3.05) is 33.2 Å². The summed E-state index contributed by atoms with van der Waals surface area (Å²) in [7, 11) is 0. The van der Waals surface area contributed by atoms with E-state index < -0.39 is 25.2 Å². The SMILES string of the molecule is FC(F)(F)CCCCCCCCOCCCCCOCOCCCC(F)(F)F. The molecule has 0 bridgehead atoms. The van der Waals surface area contributed by atoms with Gasteiger partial charge in [-0.1, -0.05) is 25.7 Å². The monoisotopic (exact) mass is 424 g/mol. The quantitative estimate of drug-likeness (QED) is 0.130. The lowest BCUT2D eigenvalue weighted by Crippen LogP contribution is -2.10. The first-order valence-electron chi connectivity index (χ1n) is 10.1. The third-order valence-corrected chi connectivity index (χ3v) is 3.99. The molecule has 0 aliphatic carbocycles. The van der Waals surface area contributed by atoms with E-state index in [1.54, 1.807) is 0 Å². The normalized spacial score (nSPS) is 12.6. The molecule has 28 heavy (non-hydrogen) atoms. The highest BCUT2D eigenvalue weighted by atomic mass is 19.4. The maximum absolute atomic E-state index is 11.9. The molecule has 0 fully saturated rings. The van der Waals surface area contributed by atoms with Crippen molar-refractivity contribution in [3.63, 3.8) is 0 Å². The first kappa shape index (κ1) is 27.5. The third-order valence-electron chi connectivity index (χ3n) is 3.99. The van der Waals surface area contributed by atoms with E-state index >= 15 is 0 Å². The molecule has 0 aromatic carbocycles. The van der Waals surface area contributed by atoms with Gasteiger partial charge < -0.3 is 14.2 Å². The second-order valence-corrected chi connectivity index (χ2v) is 6.81. The first-order chi connectivity index (χ1) is 13.2. The zero-order chi connectivity index (χ0) is 21.1. The number of halogens is 6. The van der Waals surface area contributed by atoms with Crippen LogP contribution in [-0.2, 0) is 14.2 Å². The van der Waals surface area contributed by atoms with Crippen LogP contribution in [0.1, 0.15) is 77.0 Å². The van der Waals surface area contributed by atoms with E-state index in [0.29, 0.717) is 26.2 Å². The minimum absolute atomic E-state index is 0.0184. The fourth-order valence-corrected chi connectivity index (χ4v) is 2.48. The molecule has 0 saturated heterocycles. The number of ether oxygens (including phenoxy) is 3. The fourth-order valence-electron chi connectivity index (χ4n) is 2.48. The minimum atomic E-state index is -4.13. The van der Waals surface area contributed by atoms with Gasteiger partial charge >= 0.3 is 12.4 Å². The number of unbranched alkanes of at least 4 members (excludes halogenated alkanes) is 7. The van der Waals surface area contributed by atoms with Crippen molar-refractivity contribution in [1.29, 1.82) is 0 Å². The Morgan fingerprint density at radius 2 is 0.750 bits per heavy atom. The lowest BCUT2D eigenvalue weighted by atomic mass is 10.1. The standard InChI is InChI=1S/C19H34F6O3/c20-18(21,22)11-6-3-1-2-4-7-13-26-14-8-5-9-15-27-17-28-16-10-12-19(23,24)25/h1-17H2. The van der Waals surface area contributed by atoms with Crippen LogP contribution in [0.2, 0.25) is 0 Å². The molecule has 0 atom stereocenters. The van der Waals surface area contributed by atoms with Crippen LogP contribution in [0.4, 0.5) is 26.3 Å². The Bertz CT molecular complexity index is 303. The van der Waals surface area contributed by atoms with Gasteiger partial charge in [-0.2, -0.15) is 26.3 Å². The van der Waals surface area contributed by atoms with Gasteiger partial charge in [0, 0.05) is 39.3 Å². The molecule has 0 aliphatic heterocycles. The van der Waals surface area contributed by atoms with Crippen molar-refractivity contribution in [2.45, 2.75) is 89.4 Å². The van der Waals surface area contributed by atoms with E-state index in [0.717, 1.165) is 44.9 Å². The molecule has 0 spiro atoms. The van der Waals surface area contributed by atoms with Gasteiger partial charge in [-0.05, 0) is 38.5 Å². The van der Waals surface area contributed by atoms with Crippen LogP contribution < -0.4 is 0 Å². The van der Waals surface area contributed by atoms with Gasteiger partial charge in [-0.15, -0.1) is 0 Å². The first-order valence-corrected chi connectivity index (χ1v) is 10.1. The summed E-state index contributed by atoms with van der Waals surface area (Å²) < 4.78 is 87.1. The summed E-state index contributed by atoms with van der Waals surface area (Å²) >= 11 is 0. The molecule has 9 heteroatoms. The smallest absolute Gasteiger partial charge is 0.381 e. The highest BCUT2D eigenvalue weighted by molar-refractivity contribution is 4.52. The predicted molar refractivity (Wildman–Crippen MR) is 95.1 cm³/mol. The summed E-state index contributed by atoms with van der Waals surface area (Å²) in [5.74, 6) is 0. The van der Waals surface area contributed by atoms with Gasteiger partial charge in [-0.3, -0.25) is 0 Å². The van der Waals surface area contributed by atoms with Crippen LogP contribution in [0, 0.1) is 0 Å². The van der Waals surface area contributed by atoms with Crippen molar-refractivity contribution in [3.05, 3.63) is 0 Å². The topological polar surface area (TPSA) is 27.7 Å². The van der Waals surface area contributed by atoms with Crippen LogP contribution in [0.3, 0.4) is 0 Å². The highest BCUT2D eigenvalue weighted by Gasteiger charge is 2.26. The Labute approximate surface area is 164 Å². The Morgan fingerprint density at radius 3 is 1.29 bits per heavy atom. The largest absolute Gasteiger partial charge is 0.389 e. The number of rotatable bonds is 19. The van der Waals surface area contributed by atoms with Crippen molar-refractivity contribution < 1.29 is 40.6 Å². The van der Waals surface area contributed by atoms with Crippen LogP contribution in [0.5, 0.6) is 0 Å². The van der Waals surface area contributed by atoms with Crippen molar-refractivity contribution >= 4 is 0 Å². The predicted octanol–water partition coefficient (Wildman–Crippen LogP) is 6.80. The Balaban J connectivity index is 3.07. The highest BCUT2D eigenvalue weighted by Crippen LogP contribution is 2.23. The van der Waals surface area contributed by atoms with Crippen molar-refractivity contribution in [3.8, 4) is 0 Å². The maximum atomic E-state index is 11.9. The lowest BCUT2D eigenvalue weighted by Gasteiger charge is -2.08. The fraction of sp³-hybridized carbons (Fsp3) is 1.00. The average Bonchev–Trinajstić information content (AvgIpc) is 2.58. The third kappa shape index (κ3) is 25.5. The second-order valence-electron chi connectivity index (χ2n) is 6.81. The van der Waals surface area contributed by atoms with Gasteiger partial charge in [0.05, 0.1) is 0 Å². The summed E-state index contributed by atoms with van der Waals surface area (Å²) in [5, 5.41) is 0. The van der Waals surface area contributed by atoms with Crippen molar-refractivity contribution in [2.24, 2.45) is 0 Å². The number of hydrogen-bond acceptors (Lipinski definition) is 3. The van der Waals surface area contributed by atoms with Crippen LogP contribution in [0.15, 0.2) is 0 Å².